The van der Waals surface area contributed by atoms with Crippen molar-refractivity contribution in [2.75, 3.05) is 0 Å². The Morgan fingerprint density at radius 2 is 0.688 bits per heavy atom. The summed E-state index contributed by atoms with van der Waals surface area (Å²) in [7, 11) is -3.52. The molecular weight excluding hydrogens is 1070 g/mol. The monoisotopic (exact) mass is 1160 g/mol. The van der Waals surface area contributed by atoms with Gasteiger partial charge < -0.3 is 0 Å². The van der Waals surface area contributed by atoms with E-state index in [1.807, 2.05) is 28.7 Å². The predicted molar refractivity (Wildman–Crippen MR) is 352 cm³/mol. The number of hydrogen-bond acceptors (Lipinski definition) is 8. The summed E-state index contributed by atoms with van der Waals surface area (Å²) in [4.78, 5) is 8.15. The van der Waals surface area contributed by atoms with Crippen LogP contribution in [0.3, 0.4) is 0 Å². The van der Waals surface area contributed by atoms with E-state index in [9.17, 15) is 8.42 Å². The SMILES string of the molecule is CCCCCCCCCCCCCCCCCc1c(-c2ccc(/C=C/c3ccccc3)s2)sc2c1sc1c3sc(-c4ccc(/C=C/S(=O)(=O)c5ccccc5)s4)c(CCCCCCCCCCCCCCCCC)c3sc21. The quantitative estimate of drug-likeness (QED) is 0.0360. The molecule has 0 spiro atoms. The molecule has 8 aromatic rings. The van der Waals surface area contributed by atoms with E-state index < -0.39 is 9.84 Å². The fourth-order valence-electron chi connectivity index (χ4n) is 10.9. The summed E-state index contributed by atoms with van der Waals surface area (Å²) in [5.74, 6) is 0. The van der Waals surface area contributed by atoms with Gasteiger partial charge in [-0.1, -0.05) is 248 Å². The van der Waals surface area contributed by atoms with Crippen LogP contribution in [0.25, 0.3) is 65.9 Å². The van der Waals surface area contributed by atoms with Crippen LogP contribution in [-0.4, -0.2) is 8.42 Å². The number of sulfone groups is 1. The van der Waals surface area contributed by atoms with Crippen molar-refractivity contribution in [3.8, 4) is 19.5 Å². The second-order valence-electron chi connectivity index (χ2n) is 21.7. The van der Waals surface area contributed by atoms with Gasteiger partial charge in [0.1, 0.15) is 0 Å². The van der Waals surface area contributed by atoms with Crippen LogP contribution in [0.4, 0.5) is 0 Å². The van der Waals surface area contributed by atoms with Gasteiger partial charge in [0, 0.05) is 34.7 Å². The Bertz CT molecular complexity index is 3090. The van der Waals surface area contributed by atoms with Gasteiger partial charge in [0.15, 0.2) is 9.84 Å². The summed E-state index contributed by atoms with van der Waals surface area (Å²) < 4.78 is 35.4. The molecule has 0 bridgehead atoms. The van der Waals surface area contributed by atoms with E-state index in [-0.39, 0.29) is 0 Å². The lowest BCUT2D eigenvalue weighted by Crippen LogP contribution is -1.94. The molecule has 77 heavy (non-hydrogen) atoms. The van der Waals surface area contributed by atoms with Gasteiger partial charge in [-0.3, -0.25) is 0 Å². The van der Waals surface area contributed by atoms with Crippen LogP contribution in [0.2, 0.25) is 0 Å². The molecule has 6 heterocycles. The Morgan fingerprint density at radius 1 is 0.338 bits per heavy atom. The number of rotatable bonds is 39. The maximum atomic E-state index is 13.2. The second kappa shape index (κ2) is 32.9. The highest BCUT2D eigenvalue weighted by Crippen LogP contribution is 2.56. The fourth-order valence-corrected chi connectivity index (χ4v) is 20.4. The van der Waals surface area contributed by atoms with Crippen LogP contribution in [0.15, 0.2) is 95.2 Å². The zero-order chi connectivity index (χ0) is 53.3. The lowest BCUT2D eigenvalue weighted by atomic mass is 10.0. The van der Waals surface area contributed by atoms with Crippen molar-refractivity contribution < 1.29 is 8.42 Å². The first-order valence-electron chi connectivity index (χ1n) is 30.3. The van der Waals surface area contributed by atoms with E-state index in [1.54, 1.807) is 47.2 Å². The zero-order valence-electron chi connectivity index (χ0n) is 46.7. The molecule has 414 valence electrons. The Labute approximate surface area is 489 Å². The summed E-state index contributed by atoms with van der Waals surface area (Å²) in [6.07, 6.45) is 49.9. The molecule has 0 unspecified atom stereocenters. The molecule has 0 aliphatic rings. The summed E-state index contributed by atoms with van der Waals surface area (Å²) >= 11 is 11.8. The van der Waals surface area contributed by atoms with Crippen LogP contribution in [0, 0.1) is 0 Å². The molecule has 2 nitrogen and oxygen atoms in total. The van der Waals surface area contributed by atoms with Gasteiger partial charge >= 0.3 is 0 Å². The van der Waals surface area contributed by atoms with Crippen molar-refractivity contribution in [1.29, 1.82) is 0 Å². The van der Waals surface area contributed by atoms with Gasteiger partial charge in [-0.15, -0.1) is 68.0 Å². The van der Waals surface area contributed by atoms with Gasteiger partial charge in [0.25, 0.3) is 0 Å². The molecule has 0 saturated heterocycles. The van der Waals surface area contributed by atoms with Gasteiger partial charge in [-0.2, -0.15) is 0 Å². The molecule has 8 rings (SSSR count). The molecule has 6 aromatic heterocycles. The molecular formula is C68H88O2S7. The van der Waals surface area contributed by atoms with E-state index in [4.69, 9.17) is 0 Å². The van der Waals surface area contributed by atoms with E-state index >= 15 is 0 Å². The molecule has 0 aliphatic heterocycles. The maximum absolute atomic E-state index is 13.2. The normalized spacial score (nSPS) is 12.4. The molecule has 0 radical (unpaired) electrons. The smallest absolute Gasteiger partial charge is 0.199 e. The second-order valence-corrected chi connectivity index (χ2v) is 29.9. The number of unbranched alkanes of at least 4 members (excludes halogenated alkanes) is 28. The highest BCUT2D eigenvalue weighted by molar-refractivity contribution is 7.94. The molecule has 0 atom stereocenters. The molecule has 9 heteroatoms. The number of fused-ring (bicyclic) bond motifs is 5. The Kier molecular flexibility index (Phi) is 25.7. The summed E-state index contributed by atoms with van der Waals surface area (Å²) in [5.41, 5.74) is 4.33. The predicted octanol–water partition coefficient (Wildman–Crippen LogP) is 25.3. The molecule has 0 amide bonds. The van der Waals surface area contributed by atoms with Crippen molar-refractivity contribution in [2.24, 2.45) is 0 Å². The minimum absolute atomic E-state index is 0.332. The van der Waals surface area contributed by atoms with Crippen LogP contribution in [0.1, 0.15) is 233 Å². The fraction of sp³-hybridized carbons (Fsp3) is 0.500. The first-order valence-corrected chi connectivity index (χ1v) is 36.7. The lowest BCUT2D eigenvalue weighted by Gasteiger charge is -2.05. The van der Waals surface area contributed by atoms with Gasteiger partial charge in [0.05, 0.1) is 33.1 Å². The third kappa shape index (κ3) is 18.2. The third-order valence-electron chi connectivity index (χ3n) is 15.4. The number of benzene rings is 2. The van der Waals surface area contributed by atoms with Crippen LogP contribution < -0.4 is 0 Å². The van der Waals surface area contributed by atoms with E-state index in [0.717, 1.165) is 17.7 Å². The lowest BCUT2D eigenvalue weighted by molar-refractivity contribution is 0.532. The standard InChI is InChI=1S/C68H88O2S7/c1-3-5-7-9-11-13-15-17-19-21-23-25-27-29-37-43-57-61(59-49-47-54(71-59)46-45-53-39-33-31-34-40-53)73-65-63(57)75-68-66-64(76-67(65)68)58(44-38-30-28-26-24-22-20-18-16-14-12-10-8-6-4-2)62(74-66)60-50-48-55(72-60)51-52-77(69,70)56-41-35-32-36-42-56/h31-36,39-42,45-52H,3-30,37-38,43-44H2,1-2H3/b46-45+,52-51+. The van der Waals surface area contributed by atoms with E-state index in [1.165, 1.54) is 262 Å². The topological polar surface area (TPSA) is 34.1 Å². The minimum Gasteiger partial charge on any atom is -0.219 e. The van der Waals surface area contributed by atoms with Crippen molar-refractivity contribution >= 4 is 124 Å². The summed E-state index contributed by atoms with van der Waals surface area (Å²) in [6, 6.07) is 28.5. The molecule has 0 aliphatic carbocycles. The molecule has 0 N–H and O–H groups in total. The first-order chi connectivity index (χ1) is 37.9. The van der Waals surface area contributed by atoms with Crippen molar-refractivity contribution in [3.63, 3.8) is 0 Å². The maximum Gasteiger partial charge on any atom is 0.199 e. The molecule has 2 aromatic carbocycles. The Morgan fingerprint density at radius 3 is 1.09 bits per heavy atom. The number of thiophene rings is 6. The van der Waals surface area contributed by atoms with Gasteiger partial charge in [-0.25, -0.2) is 8.42 Å². The van der Waals surface area contributed by atoms with Gasteiger partial charge in [0.2, 0.25) is 0 Å². The minimum atomic E-state index is -3.52. The number of hydrogen-bond donors (Lipinski definition) is 0. The zero-order valence-corrected chi connectivity index (χ0v) is 52.4. The molecule has 0 fully saturated rings. The summed E-state index contributed by atoms with van der Waals surface area (Å²) in [5, 5.41) is 1.38. The first kappa shape index (κ1) is 60.0. The van der Waals surface area contributed by atoms with E-state index in [0.29, 0.717) is 4.90 Å². The average Bonchev–Trinajstić information content (AvgIpc) is 4.40. The Hall–Kier alpha value is -3.15. The highest BCUT2D eigenvalue weighted by atomic mass is 32.2. The van der Waals surface area contributed by atoms with Crippen molar-refractivity contribution in [3.05, 3.63) is 117 Å². The largest absolute Gasteiger partial charge is 0.219 e. The Balaban J connectivity index is 0.975. The molecule has 0 saturated carbocycles. The van der Waals surface area contributed by atoms with Crippen molar-refractivity contribution in [2.45, 2.75) is 224 Å². The highest BCUT2D eigenvalue weighted by Gasteiger charge is 2.26. The van der Waals surface area contributed by atoms with Gasteiger partial charge in [-0.05, 0) is 90.9 Å². The average molecular weight is 1160 g/mol. The van der Waals surface area contributed by atoms with Crippen molar-refractivity contribution in [1.82, 2.24) is 0 Å². The van der Waals surface area contributed by atoms with E-state index in [2.05, 4.69) is 115 Å². The van der Waals surface area contributed by atoms with Crippen LogP contribution >= 0.6 is 68.0 Å². The summed E-state index contributed by atoms with van der Waals surface area (Å²) in [6.45, 7) is 4.61. The third-order valence-corrected chi connectivity index (χ3v) is 25.0. The van der Waals surface area contributed by atoms with Crippen LogP contribution in [0.5, 0.6) is 0 Å². The van der Waals surface area contributed by atoms with Crippen LogP contribution in [-0.2, 0) is 22.7 Å². The number of aryl methyl sites for hydroxylation is 2.